The molecule has 0 aliphatic heterocycles. The molecule has 4 nitrogen and oxygen atoms in total. The van der Waals surface area contributed by atoms with Gasteiger partial charge in [-0.3, -0.25) is 0 Å². The van der Waals surface area contributed by atoms with Crippen LogP contribution >= 0.6 is 0 Å². The number of nitrogens with zero attached hydrogens (tertiary/aromatic N) is 2. The van der Waals surface area contributed by atoms with Gasteiger partial charge in [-0.25, -0.2) is 9.97 Å². The highest BCUT2D eigenvalue weighted by Crippen LogP contribution is 2.33. The number of hydrogen-bond acceptors (Lipinski definition) is 4. The lowest BCUT2D eigenvalue weighted by Gasteiger charge is -2.20. The van der Waals surface area contributed by atoms with Gasteiger partial charge in [0, 0.05) is 17.8 Å². The number of benzene rings is 1. The summed E-state index contributed by atoms with van der Waals surface area (Å²) in [5, 5.41) is 12.7. The number of halogens is 3. The molecule has 0 radical (unpaired) electrons. The predicted molar refractivity (Wildman–Crippen MR) is 93.5 cm³/mol. The van der Waals surface area contributed by atoms with Crippen molar-refractivity contribution in [2.45, 2.75) is 57.3 Å². The van der Waals surface area contributed by atoms with Crippen LogP contribution < -0.4 is 5.32 Å². The van der Waals surface area contributed by atoms with Crippen molar-refractivity contribution >= 4 is 5.82 Å². The van der Waals surface area contributed by atoms with Gasteiger partial charge in [0.05, 0.1) is 5.56 Å². The summed E-state index contributed by atoms with van der Waals surface area (Å²) >= 11 is 0. The molecule has 2 aromatic rings. The molecule has 0 amide bonds. The van der Waals surface area contributed by atoms with Gasteiger partial charge < -0.3 is 10.4 Å². The molecule has 1 aliphatic carbocycles. The number of aliphatic hydroxyl groups excluding tert-OH is 1. The van der Waals surface area contributed by atoms with Crippen LogP contribution in [0.3, 0.4) is 0 Å². The lowest BCUT2D eigenvalue weighted by molar-refractivity contribution is -0.137. The van der Waals surface area contributed by atoms with Crippen LogP contribution in [0.4, 0.5) is 19.0 Å². The first-order valence-corrected chi connectivity index (χ1v) is 8.88. The highest BCUT2D eigenvalue weighted by molar-refractivity contribution is 5.74. The average Bonchev–Trinajstić information content (AvgIpc) is 2.90. The van der Waals surface area contributed by atoms with Crippen molar-refractivity contribution in [3.63, 3.8) is 0 Å². The second-order valence-electron chi connectivity index (χ2n) is 6.61. The Morgan fingerprint density at radius 1 is 1.04 bits per heavy atom. The van der Waals surface area contributed by atoms with Crippen LogP contribution in [0, 0.1) is 0 Å². The summed E-state index contributed by atoms with van der Waals surface area (Å²) in [5.41, 5.74) is 0.561. The maximum absolute atomic E-state index is 12.8. The van der Waals surface area contributed by atoms with E-state index >= 15 is 0 Å². The molecule has 0 spiro atoms. The number of nitrogens with one attached hydrogen (secondary N) is 1. The Balaban J connectivity index is 1.90. The molecule has 1 aromatic heterocycles. The Bertz CT molecular complexity index is 724. The van der Waals surface area contributed by atoms with Gasteiger partial charge in [0.25, 0.3) is 0 Å². The lowest BCUT2D eigenvalue weighted by atomic mass is 10.0. The van der Waals surface area contributed by atoms with Crippen molar-refractivity contribution in [2.24, 2.45) is 0 Å². The third-order valence-electron chi connectivity index (χ3n) is 4.70. The van der Waals surface area contributed by atoms with Gasteiger partial charge in [-0.1, -0.05) is 37.8 Å². The van der Waals surface area contributed by atoms with Crippen molar-refractivity contribution in [1.82, 2.24) is 9.97 Å². The van der Waals surface area contributed by atoms with E-state index in [1.54, 1.807) is 6.20 Å². The van der Waals surface area contributed by atoms with Crippen molar-refractivity contribution in [1.29, 1.82) is 0 Å². The first-order chi connectivity index (χ1) is 12.5. The average molecular weight is 365 g/mol. The molecule has 1 aliphatic rings. The monoisotopic (exact) mass is 365 g/mol. The van der Waals surface area contributed by atoms with E-state index in [2.05, 4.69) is 15.3 Å². The van der Waals surface area contributed by atoms with E-state index in [0.29, 0.717) is 16.9 Å². The minimum atomic E-state index is -4.36. The van der Waals surface area contributed by atoms with Crippen LogP contribution in [-0.2, 0) is 12.8 Å². The maximum atomic E-state index is 12.8. The Hall–Kier alpha value is -2.15. The number of rotatable bonds is 4. The molecule has 0 atom stereocenters. The lowest BCUT2D eigenvalue weighted by Crippen LogP contribution is -2.20. The SMILES string of the molecule is OCc1ncc(-c2ccc(C(F)(F)F)cc2)c(NC2CCCCCC2)n1. The van der Waals surface area contributed by atoms with E-state index in [0.717, 1.165) is 37.8 Å². The summed E-state index contributed by atoms with van der Waals surface area (Å²) < 4.78 is 38.3. The van der Waals surface area contributed by atoms with Crippen LogP contribution in [0.2, 0.25) is 0 Å². The molecule has 140 valence electrons. The van der Waals surface area contributed by atoms with Crippen LogP contribution in [-0.4, -0.2) is 21.1 Å². The van der Waals surface area contributed by atoms with Gasteiger partial charge in [-0.2, -0.15) is 13.2 Å². The van der Waals surface area contributed by atoms with Crippen molar-refractivity contribution in [2.75, 3.05) is 5.32 Å². The predicted octanol–water partition coefficient (Wildman–Crippen LogP) is 4.79. The van der Waals surface area contributed by atoms with Gasteiger partial charge in [0.1, 0.15) is 12.4 Å². The Morgan fingerprint density at radius 3 is 2.27 bits per heavy atom. The summed E-state index contributed by atoms with van der Waals surface area (Å²) in [6, 6.07) is 5.25. The van der Waals surface area contributed by atoms with Crippen molar-refractivity contribution in [3.8, 4) is 11.1 Å². The first kappa shape index (κ1) is 18.6. The zero-order valence-electron chi connectivity index (χ0n) is 14.4. The van der Waals surface area contributed by atoms with E-state index in [-0.39, 0.29) is 18.5 Å². The standard InChI is InChI=1S/C19H22F3N3O/c20-19(21,22)14-9-7-13(8-10-14)16-11-23-17(12-26)25-18(16)24-15-5-3-1-2-4-6-15/h7-11,15,26H,1-6,12H2,(H,23,24,25). The van der Waals surface area contributed by atoms with E-state index in [9.17, 15) is 18.3 Å². The fraction of sp³-hybridized carbons (Fsp3) is 0.474. The van der Waals surface area contributed by atoms with E-state index in [1.165, 1.54) is 25.0 Å². The quantitative estimate of drug-likeness (QED) is 0.765. The zero-order chi connectivity index (χ0) is 18.6. The van der Waals surface area contributed by atoms with Crippen molar-refractivity contribution < 1.29 is 18.3 Å². The second kappa shape index (κ2) is 8.03. The summed E-state index contributed by atoms with van der Waals surface area (Å²) in [6.07, 6.45) is 3.98. The van der Waals surface area contributed by atoms with Gasteiger partial charge in [-0.15, -0.1) is 0 Å². The van der Waals surface area contributed by atoms with Gasteiger partial charge in [0.15, 0.2) is 5.82 Å². The largest absolute Gasteiger partial charge is 0.416 e. The fourth-order valence-corrected chi connectivity index (χ4v) is 3.27. The van der Waals surface area contributed by atoms with Gasteiger partial charge >= 0.3 is 6.18 Å². The highest BCUT2D eigenvalue weighted by atomic mass is 19.4. The van der Waals surface area contributed by atoms with Crippen LogP contribution in [0.1, 0.15) is 49.9 Å². The van der Waals surface area contributed by atoms with Crippen LogP contribution in [0.25, 0.3) is 11.1 Å². The molecule has 1 saturated carbocycles. The molecular formula is C19H22F3N3O. The molecule has 1 aromatic carbocycles. The van der Waals surface area contributed by atoms with Crippen LogP contribution in [0.5, 0.6) is 0 Å². The summed E-state index contributed by atoms with van der Waals surface area (Å²) in [7, 11) is 0. The van der Waals surface area contributed by atoms with E-state index in [4.69, 9.17) is 0 Å². The summed E-state index contributed by atoms with van der Waals surface area (Å²) in [6.45, 7) is -0.285. The van der Waals surface area contributed by atoms with Gasteiger partial charge in [0.2, 0.25) is 0 Å². The normalized spacial score (nSPS) is 16.3. The third kappa shape index (κ3) is 4.52. The smallest absolute Gasteiger partial charge is 0.388 e. The zero-order valence-corrected chi connectivity index (χ0v) is 14.4. The topological polar surface area (TPSA) is 58.0 Å². The number of alkyl halides is 3. The molecule has 7 heteroatoms. The molecule has 0 unspecified atom stereocenters. The Kier molecular flexibility index (Phi) is 5.76. The summed E-state index contributed by atoms with van der Waals surface area (Å²) in [4.78, 5) is 8.46. The Morgan fingerprint density at radius 2 is 1.69 bits per heavy atom. The molecule has 0 bridgehead atoms. The molecule has 1 heterocycles. The fourth-order valence-electron chi connectivity index (χ4n) is 3.27. The second-order valence-corrected chi connectivity index (χ2v) is 6.61. The highest BCUT2D eigenvalue weighted by Gasteiger charge is 2.30. The molecule has 26 heavy (non-hydrogen) atoms. The summed E-state index contributed by atoms with van der Waals surface area (Å²) in [5.74, 6) is 0.854. The minimum absolute atomic E-state index is 0.271. The molecule has 1 fully saturated rings. The molecule has 2 N–H and O–H groups in total. The van der Waals surface area contributed by atoms with E-state index in [1.807, 2.05) is 0 Å². The third-order valence-corrected chi connectivity index (χ3v) is 4.70. The first-order valence-electron chi connectivity index (χ1n) is 8.88. The maximum Gasteiger partial charge on any atom is 0.416 e. The molecule has 0 saturated heterocycles. The Labute approximate surface area is 150 Å². The number of hydrogen-bond donors (Lipinski definition) is 2. The van der Waals surface area contributed by atoms with E-state index < -0.39 is 11.7 Å². The van der Waals surface area contributed by atoms with Crippen molar-refractivity contribution in [3.05, 3.63) is 41.9 Å². The number of aliphatic hydroxyl groups is 1. The number of aromatic nitrogens is 2. The van der Waals surface area contributed by atoms with Gasteiger partial charge in [-0.05, 0) is 30.5 Å². The molecular weight excluding hydrogens is 343 g/mol. The van der Waals surface area contributed by atoms with Crippen LogP contribution in [0.15, 0.2) is 30.5 Å². The minimum Gasteiger partial charge on any atom is -0.388 e. The molecule has 3 rings (SSSR count). The number of anilines is 1.